The number of hydrogen-bond acceptors (Lipinski definition) is 10. The quantitative estimate of drug-likeness (QED) is 0.161. The van der Waals surface area contributed by atoms with E-state index in [9.17, 15) is 0 Å². The molecule has 1 aliphatic rings. The van der Waals surface area contributed by atoms with Crippen molar-refractivity contribution in [1.82, 2.24) is 39.9 Å². The van der Waals surface area contributed by atoms with Gasteiger partial charge in [-0.2, -0.15) is 0 Å². The molecule has 7 aromatic heterocycles. The maximum atomic E-state index is 4.22. The van der Waals surface area contributed by atoms with Gasteiger partial charge in [-0.15, -0.1) is 34.0 Å². The largest absolute Gasteiger partial charge is 0.361 e. The number of benzene rings is 3. The van der Waals surface area contributed by atoms with Crippen LogP contribution in [0.3, 0.4) is 0 Å². The number of nitrogens with one attached hydrogen (secondary N) is 1. The van der Waals surface area contributed by atoms with Crippen LogP contribution in [0.15, 0.2) is 187 Å². The first-order valence-electron chi connectivity index (χ1n) is 23.8. The molecule has 11 rings (SSSR count). The molecule has 0 atom stereocenters. The number of H-pyrrole nitrogens is 1. The SMILES string of the molecule is C.CC.CC.CC.CC.CC.CC.CC.c1ccc2[nH]ccc2c1.c1ccc2ncccc2c1.c1ccc2scnc2c1.c1ccncc1.c1cncnc1.c1cscn1.c1nc2c(s1)CCC2. The number of rotatable bonds is 0. The number of fused-ring (bicyclic) bond motifs is 4. The molecule has 3 aromatic carbocycles. The van der Waals surface area contributed by atoms with Gasteiger partial charge in [0.1, 0.15) is 6.33 Å². The first-order chi connectivity index (χ1) is 33.4. The van der Waals surface area contributed by atoms with Crippen LogP contribution in [0, 0.1) is 0 Å². The van der Waals surface area contributed by atoms with Crippen molar-refractivity contribution < 1.29 is 0 Å². The Morgan fingerprint density at radius 3 is 1.49 bits per heavy atom. The first-order valence-corrected chi connectivity index (χ1v) is 26.5. The third kappa shape index (κ3) is 33.5. The lowest BCUT2D eigenvalue weighted by molar-refractivity contribution is 0.899. The van der Waals surface area contributed by atoms with Gasteiger partial charge in [0, 0.05) is 64.5 Å². The molecule has 0 radical (unpaired) electrons. The van der Waals surface area contributed by atoms with Gasteiger partial charge in [0.05, 0.1) is 38.0 Å². The Bertz CT molecular complexity index is 2050. The van der Waals surface area contributed by atoms with Gasteiger partial charge in [0.2, 0.25) is 0 Å². The summed E-state index contributed by atoms with van der Waals surface area (Å²) in [5.74, 6) is 0. The van der Waals surface area contributed by atoms with Crippen LogP contribution in [0.5, 0.6) is 0 Å². The van der Waals surface area contributed by atoms with Crippen LogP contribution in [0.25, 0.3) is 32.0 Å². The van der Waals surface area contributed by atoms with E-state index in [2.05, 4.69) is 76.3 Å². The molecule has 0 spiro atoms. The molecule has 10 aromatic rings. The zero-order valence-corrected chi connectivity index (χ0v) is 45.3. The number of aromatic amines is 1. The van der Waals surface area contributed by atoms with Crippen molar-refractivity contribution in [2.75, 3.05) is 0 Å². The monoisotopic (exact) mass is 977 g/mol. The number of para-hydroxylation sites is 3. The minimum atomic E-state index is 0. The van der Waals surface area contributed by atoms with E-state index in [1.807, 2.05) is 199 Å². The standard InChI is InChI=1S/C9H7N.C8H7N.C7H5NS.C6H7NS.C5H5N.C4H4N2.C3H3NS.7C2H6.CH4/c1-2-6-9-8(4-1)5-3-7-10-9;1-2-4-8-7(3-1)5-6-9-8;1-2-4-7-6(3-1)8-5-9-7;1-2-5-6(3-1)8-4-7-5;1-2-4-6-5-3-1;1-2-5-4-6-3-1;1-2-5-3-4-1;7*1-2;/h1-7H;1-6,9H;1-5H;4H,1-3H2;1-5H;1-4H;1-3H;7*1-2H3;1H4. The minimum absolute atomic E-state index is 0. The zero-order valence-electron chi connectivity index (χ0n) is 42.9. The van der Waals surface area contributed by atoms with Crippen molar-refractivity contribution >= 4 is 66.0 Å². The van der Waals surface area contributed by atoms with Crippen LogP contribution >= 0.6 is 34.0 Å². The average molecular weight is 978 g/mol. The molecular weight excluding hydrogens is 893 g/mol. The van der Waals surface area contributed by atoms with Crippen LogP contribution in [0.2, 0.25) is 0 Å². The topological polar surface area (TPSA) is 106 Å². The second-order valence-corrected chi connectivity index (χ2v) is 13.3. The van der Waals surface area contributed by atoms with E-state index in [4.69, 9.17) is 0 Å². The Labute approximate surface area is 424 Å². The molecule has 0 unspecified atom stereocenters. The smallest absolute Gasteiger partial charge is 0.115 e. The molecule has 0 saturated heterocycles. The lowest BCUT2D eigenvalue weighted by Crippen LogP contribution is -1.73. The lowest BCUT2D eigenvalue weighted by atomic mass is 10.2. The second-order valence-electron chi connectivity index (χ2n) is 10.8. The summed E-state index contributed by atoms with van der Waals surface area (Å²) < 4.78 is 1.26. The maximum absolute atomic E-state index is 4.22. The molecule has 0 amide bonds. The van der Waals surface area contributed by atoms with Gasteiger partial charge in [-0.3, -0.25) is 15.0 Å². The third-order valence-electron chi connectivity index (χ3n) is 7.15. The third-order valence-corrected chi connectivity index (χ3v) is 9.41. The highest BCUT2D eigenvalue weighted by Gasteiger charge is 2.11. The fourth-order valence-electron chi connectivity index (χ4n) is 4.67. The van der Waals surface area contributed by atoms with Crippen molar-refractivity contribution in [2.45, 2.75) is 124 Å². The highest BCUT2D eigenvalue weighted by atomic mass is 32.1. The highest BCUT2D eigenvalue weighted by molar-refractivity contribution is 7.16. The van der Waals surface area contributed by atoms with Gasteiger partial charge in [0.25, 0.3) is 0 Å². The highest BCUT2D eigenvalue weighted by Crippen LogP contribution is 2.23. The zero-order chi connectivity index (χ0) is 50.4. The summed E-state index contributed by atoms with van der Waals surface area (Å²) >= 11 is 5.08. The van der Waals surface area contributed by atoms with Gasteiger partial charge >= 0.3 is 0 Å². The van der Waals surface area contributed by atoms with Crippen molar-refractivity contribution in [2.24, 2.45) is 0 Å². The fourth-order valence-corrected chi connectivity index (χ4v) is 6.56. The number of aromatic nitrogens is 8. The Balaban J connectivity index is -0.000000338. The summed E-state index contributed by atoms with van der Waals surface area (Å²) in [7, 11) is 0. The van der Waals surface area contributed by atoms with Gasteiger partial charge < -0.3 is 4.98 Å². The van der Waals surface area contributed by atoms with E-state index in [1.54, 1.807) is 76.6 Å². The summed E-state index contributed by atoms with van der Waals surface area (Å²) in [6.07, 6.45) is 17.7. The van der Waals surface area contributed by atoms with Gasteiger partial charge in [0.15, 0.2) is 0 Å². The summed E-state index contributed by atoms with van der Waals surface area (Å²) in [5.41, 5.74) is 10.3. The van der Waals surface area contributed by atoms with Gasteiger partial charge in [-0.05, 0) is 79.2 Å². The van der Waals surface area contributed by atoms with Gasteiger partial charge in [-0.25, -0.2) is 19.9 Å². The molecule has 0 saturated carbocycles. The fraction of sp³-hybridized carbons (Fsp3) is 0.316. The molecule has 11 heteroatoms. The van der Waals surface area contributed by atoms with E-state index in [0.717, 1.165) is 11.0 Å². The average Bonchev–Trinajstić information content (AvgIpc) is 4.34. The molecular formula is C57H84N8S3. The van der Waals surface area contributed by atoms with E-state index in [-0.39, 0.29) is 7.43 Å². The normalized spacial score (nSPS) is 8.74. The summed E-state index contributed by atoms with van der Waals surface area (Å²) in [4.78, 5) is 32.0. The summed E-state index contributed by atoms with van der Waals surface area (Å²) in [6.45, 7) is 28.0. The molecule has 0 fully saturated rings. The van der Waals surface area contributed by atoms with Crippen LogP contribution < -0.4 is 0 Å². The first kappa shape index (κ1) is 68.6. The molecule has 68 heavy (non-hydrogen) atoms. The molecule has 1 aliphatic carbocycles. The Kier molecular flexibility index (Phi) is 55.8. The summed E-state index contributed by atoms with van der Waals surface area (Å²) in [6, 6.07) is 38.0. The predicted octanol–water partition coefficient (Wildman–Crippen LogP) is 18.9. The Morgan fingerprint density at radius 2 is 1.00 bits per heavy atom. The lowest BCUT2D eigenvalue weighted by Gasteiger charge is -1.91. The number of hydrogen-bond donors (Lipinski definition) is 1. The van der Waals surface area contributed by atoms with E-state index in [0.29, 0.717) is 0 Å². The van der Waals surface area contributed by atoms with Crippen molar-refractivity contribution in [3.05, 3.63) is 197 Å². The molecule has 0 aliphatic heterocycles. The molecule has 1 N–H and O–H groups in total. The Hall–Kier alpha value is -6.01. The number of aryl methyl sites for hydroxylation is 2. The van der Waals surface area contributed by atoms with Crippen LogP contribution in [0.4, 0.5) is 0 Å². The summed E-state index contributed by atoms with van der Waals surface area (Å²) in [5, 5.41) is 4.41. The van der Waals surface area contributed by atoms with E-state index in [1.165, 1.54) is 57.1 Å². The molecule has 8 nitrogen and oxygen atoms in total. The Morgan fingerprint density at radius 1 is 0.426 bits per heavy atom. The van der Waals surface area contributed by atoms with Gasteiger partial charge in [-0.1, -0.05) is 165 Å². The second kappa shape index (κ2) is 55.3. The van der Waals surface area contributed by atoms with Crippen molar-refractivity contribution in [1.29, 1.82) is 0 Å². The number of thiazole rings is 3. The predicted molar refractivity (Wildman–Crippen MR) is 308 cm³/mol. The van der Waals surface area contributed by atoms with Crippen molar-refractivity contribution in [3.63, 3.8) is 0 Å². The van der Waals surface area contributed by atoms with Crippen molar-refractivity contribution in [3.8, 4) is 0 Å². The van der Waals surface area contributed by atoms with Crippen LogP contribution in [-0.2, 0) is 12.8 Å². The minimum Gasteiger partial charge on any atom is -0.361 e. The molecule has 0 bridgehead atoms. The molecule has 7 heterocycles. The number of pyridine rings is 2. The van der Waals surface area contributed by atoms with E-state index < -0.39 is 0 Å². The van der Waals surface area contributed by atoms with Crippen LogP contribution in [0.1, 0.15) is 121 Å². The van der Waals surface area contributed by atoms with E-state index >= 15 is 0 Å². The number of nitrogens with zero attached hydrogens (tertiary/aromatic N) is 7. The van der Waals surface area contributed by atoms with Crippen LogP contribution in [-0.4, -0.2) is 39.9 Å². The molecule has 370 valence electrons. The maximum Gasteiger partial charge on any atom is 0.115 e.